The summed E-state index contributed by atoms with van der Waals surface area (Å²) in [5.41, 5.74) is 2.28. The zero-order valence-corrected chi connectivity index (χ0v) is 18.5. The lowest BCUT2D eigenvalue weighted by molar-refractivity contribution is -0.692. The third-order valence-electron chi connectivity index (χ3n) is 6.68. The molecular weight excluding hydrogens is 384 g/mol. The molecule has 0 radical (unpaired) electrons. The molecule has 1 fully saturated rings. The van der Waals surface area contributed by atoms with Crippen molar-refractivity contribution in [1.29, 1.82) is 0 Å². The maximum atomic E-state index is 12.9. The molecule has 0 N–H and O–H groups in total. The summed E-state index contributed by atoms with van der Waals surface area (Å²) in [4.78, 5) is 12.9. The molecule has 2 heterocycles. The smallest absolute Gasteiger partial charge is 0.348 e. The number of fused-ring (bicyclic) bond motifs is 1. The number of hydrogen-bond donors (Lipinski definition) is 0. The summed E-state index contributed by atoms with van der Waals surface area (Å²) in [6, 6.07) is 7.92. The Morgan fingerprint density at radius 2 is 2.03 bits per heavy atom. The Hall–Kier alpha value is -1.81. The predicted octanol–water partition coefficient (Wildman–Crippen LogP) is 5.05. The Balaban J connectivity index is 1.51. The first-order chi connectivity index (χ1) is 13.9. The lowest BCUT2D eigenvalue weighted by Crippen LogP contribution is -2.43. The summed E-state index contributed by atoms with van der Waals surface area (Å²) in [6.45, 7) is 8.04. The van der Waals surface area contributed by atoms with Crippen LogP contribution in [0.4, 0.5) is 0 Å². The molecular formula is C24H32ClN2O2+. The molecule has 1 aliphatic carbocycles. The van der Waals surface area contributed by atoms with Gasteiger partial charge in [-0.15, -0.1) is 0 Å². The van der Waals surface area contributed by atoms with Crippen molar-refractivity contribution in [3.8, 4) is 11.3 Å². The van der Waals surface area contributed by atoms with Gasteiger partial charge >= 0.3 is 5.97 Å². The van der Waals surface area contributed by atoms with Crippen LogP contribution in [0.1, 0.15) is 52.3 Å². The summed E-state index contributed by atoms with van der Waals surface area (Å²) in [5, 5.41) is 0.736. The minimum atomic E-state index is -0.109. The number of carbonyl (C=O) groups excluding carboxylic acids is 1. The maximum absolute atomic E-state index is 12.9. The average molecular weight is 416 g/mol. The molecule has 0 unspecified atom stereocenters. The van der Waals surface area contributed by atoms with Crippen molar-refractivity contribution in [3.05, 3.63) is 41.3 Å². The molecule has 1 aromatic carbocycles. The number of nitrogens with zero attached hydrogens (tertiary/aromatic N) is 2. The molecule has 156 valence electrons. The molecule has 4 rings (SSSR count). The summed E-state index contributed by atoms with van der Waals surface area (Å²) >= 11 is 6.05. The highest BCUT2D eigenvalue weighted by atomic mass is 35.5. The number of carbonyl (C=O) groups is 1. The van der Waals surface area contributed by atoms with Crippen molar-refractivity contribution in [2.45, 2.75) is 72.1 Å². The van der Waals surface area contributed by atoms with E-state index >= 15 is 0 Å². The van der Waals surface area contributed by atoms with Crippen molar-refractivity contribution in [1.82, 2.24) is 4.57 Å². The third kappa shape index (κ3) is 4.37. The van der Waals surface area contributed by atoms with Gasteiger partial charge in [-0.25, -0.2) is 13.9 Å². The van der Waals surface area contributed by atoms with Crippen LogP contribution in [0.15, 0.2) is 30.5 Å². The van der Waals surface area contributed by atoms with Crippen molar-refractivity contribution in [3.63, 3.8) is 0 Å². The van der Waals surface area contributed by atoms with Crippen molar-refractivity contribution < 1.29 is 14.1 Å². The van der Waals surface area contributed by atoms with E-state index in [-0.39, 0.29) is 12.1 Å². The van der Waals surface area contributed by atoms with Crippen LogP contribution in [-0.2, 0) is 29.0 Å². The van der Waals surface area contributed by atoms with Crippen molar-refractivity contribution >= 4 is 17.6 Å². The largest absolute Gasteiger partial charge is 0.459 e. The number of aromatic nitrogens is 2. The zero-order chi connectivity index (χ0) is 20.5. The van der Waals surface area contributed by atoms with Gasteiger partial charge in [0, 0.05) is 10.6 Å². The first-order valence-corrected chi connectivity index (χ1v) is 11.4. The van der Waals surface area contributed by atoms with Gasteiger partial charge in [0.15, 0.2) is 12.2 Å². The van der Waals surface area contributed by atoms with Crippen LogP contribution < -0.4 is 4.57 Å². The molecule has 1 aromatic heterocycles. The molecule has 4 nitrogen and oxygen atoms in total. The fourth-order valence-corrected chi connectivity index (χ4v) is 5.22. The van der Waals surface area contributed by atoms with Gasteiger partial charge in [0.05, 0.1) is 13.0 Å². The summed E-state index contributed by atoms with van der Waals surface area (Å²) < 4.78 is 10.5. The fourth-order valence-electron chi connectivity index (χ4n) is 5.09. The van der Waals surface area contributed by atoms with E-state index in [9.17, 15) is 4.79 Å². The van der Waals surface area contributed by atoms with Gasteiger partial charge in [-0.05, 0) is 61.3 Å². The van der Waals surface area contributed by atoms with Crippen LogP contribution in [0.5, 0.6) is 0 Å². The standard InChI is InChI=1S/C24H32ClN2O2/c1-16(2)20-11-6-17(3)13-22(20)29-24(28)15-26-14-21(27-12-4-5-23(26)27)18-7-9-19(25)10-8-18/h7-10,14,16-17,20,22H,4-6,11-13,15H2,1-3H3/q+1/t17-,20+,22-/m1/s1. The van der Waals surface area contributed by atoms with E-state index in [2.05, 4.69) is 36.1 Å². The van der Waals surface area contributed by atoms with E-state index in [1.54, 1.807) is 0 Å². The summed E-state index contributed by atoms with van der Waals surface area (Å²) in [5.74, 6) is 2.76. The zero-order valence-electron chi connectivity index (χ0n) is 17.7. The van der Waals surface area contributed by atoms with Gasteiger partial charge in [0.25, 0.3) is 5.82 Å². The van der Waals surface area contributed by atoms with Crippen molar-refractivity contribution in [2.24, 2.45) is 17.8 Å². The number of esters is 1. The second-order valence-electron chi connectivity index (χ2n) is 9.17. The molecule has 0 bridgehead atoms. The van der Waals surface area contributed by atoms with Crippen LogP contribution in [0, 0.1) is 17.8 Å². The Kier molecular flexibility index (Phi) is 6.00. The Bertz CT molecular complexity index is 872. The fraction of sp³-hybridized carbons (Fsp3) is 0.583. The summed E-state index contributed by atoms with van der Waals surface area (Å²) in [7, 11) is 0. The topological polar surface area (TPSA) is 35.1 Å². The average Bonchev–Trinajstić information content (AvgIpc) is 3.26. The molecule has 2 aromatic rings. The Labute approximate surface area is 178 Å². The number of benzene rings is 1. The van der Waals surface area contributed by atoms with Gasteiger partial charge in [0.2, 0.25) is 0 Å². The van der Waals surface area contributed by atoms with E-state index < -0.39 is 0 Å². The predicted molar refractivity (Wildman–Crippen MR) is 115 cm³/mol. The number of halogens is 1. The lowest BCUT2D eigenvalue weighted by atomic mass is 9.75. The first-order valence-electron chi connectivity index (χ1n) is 11.0. The molecule has 0 amide bonds. The van der Waals surface area contributed by atoms with E-state index in [0.717, 1.165) is 48.5 Å². The summed E-state index contributed by atoms with van der Waals surface area (Å²) in [6.07, 6.45) is 7.65. The van der Waals surface area contributed by atoms with Gasteiger partial charge in [-0.3, -0.25) is 0 Å². The normalized spacial score (nSPS) is 24.0. The van der Waals surface area contributed by atoms with E-state index in [1.807, 2.05) is 24.3 Å². The number of imidazole rings is 1. The minimum absolute atomic E-state index is 0.0539. The number of ether oxygens (including phenoxy) is 1. The molecule has 2 aliphatic rings. The molecule has 1 saturated carbocycles. The van der Waals surface area contributed by atoms with Crippen LogP contribution in [0.3, 0.4) is 0 Å². The molecule has 0 saturated heterocycles. The van der Waals surface area contributed by atoms with Crippen molar-refractivity contribution in [2.75, 3.05) is 0 Å². The van der Waals surface area contributed by atoms with Crippen LogP contribution in [-0.4, -0.2) is 16.6 Å². The molecule has 1 aliphatic heterocycles. The van der Waals surface area contributed by atoms with Crippen LogP contribution >= 0.6 is 11.6 Å². The lowest BCUT2D eigenvalue weighted by Gasteiger charge is -2.36. The first kappa shape index (κ1) is 20.5. The van der Waals surface area contributed by atoms with E-state index in [4.69, 9.17) is 16.3 Å². The van der Waals surface area contributed by atoms with Gasteiger partial charge < -0.3 is 4.74 Å². The van der Waals surface area contributed by atoms with Gasteiger partial charge in [-0.1, -0.05) is 38.8 Å². The highest BCUT2D eigenvalue weighted by Gasteiger charge is 2.35. The second-order valence-corrected chi connectivity index (χ2v) is 9.61. The number of hydrogen-bond acceptors (Lipinski definition) is 2. The molecule has 5 heteroatoms. The monoisotopic (exact) mass is 415 g/mol. The maximum Gasteiger partial charge on any atom is 0.348 e. The quantitative estimate of drug-likeness (QED) is 0.506. The highest BCUT2D eigenvalue weighted by Crippen LogP contribution is 2.35. The van der Waals surface area contributed by atoms with E-state index in [0.29, 0.717) is 24.3 Å². The molecule has 0 spiro atoms. The third-order valence-corrected chi connectivity index (χ3v) is 6.93. The number of rotatable bonds is 5. The van der Waals surface area contributed by atoms with Gasteiger partial charge in [0.1, 0.15) is 12.3 Å². The molecule has 29 heavy (non-hydrogen) atoms. The van der Waals surface area contributed by atoms with E-state index in [1.165, 1.54) is 12.2 Å². The van der Waals surface area contributed by atoms with Crippen LogP contribution in [0.2, 0.25) is 5.02 Å². The molecule has 3 atom stereocenters. The Morgan fingerprint density at radius 3 is 2.76 bits per heavy atom. The van der Waals surface area contributed by atoms with Gasteiger partial charge in [-0.2, -0.15) is 0 Å². The minimum Gasteiger partial charge on any atom is -0.459 e. The Morgan fingerprint density at radius 1 is 1.28 bits per heavy atom. The highest BCUT2D eigenvalue weighted by molar-refractivity contribution is 6.30. The van der Waals surface area contributed by atoms with Crippen LogP contribution in [0.25, 0.3) is 11.3 Å². The second kappa shape index (κ2) is 8.51. The SMILES string of the molecule is CC(C)[C@@H]1CC[C@@H](C)C[C@H]1OC(=O)C[n+]1cc(-c2ccc(Cl)cc2)n2c1CCC2.